The van der Waals surface area contributed by atoms with E-state index in [-0.39, 0.29) is 36.4 Å². The Kier molecular flexibility index (Phi) is 8.53. The normalized spacial score (nSPS) is 10.5. The van der Waals surface area contributed by atoms with Gasteiger partial charge in [0.05, 0.1) is 6.54 Å². The molecule has 1 aromatic carbocycles. The van der Waals surface area contributed by atoms with E-state index >= 15 is 0 Å². The van der Waals surface area contributed by atoms with Crippen LogP contribution in [0.5, 0.6) is 0 Å². The fraction of sp³-hybridized carbons (Fsp3) is 0.200. The molecule has 0 atom stereocenters. The summed E-state index contributed by atoms with van der Waals surface area (Å²) in [4.78, 5) is 15.9. The third kappa shape index (κ3) is 6.44. The van der Waals surface area contributed by atoms with Gasteiger partial charge in [0.2, 0.25) is 5.91 Å². The van der Waals surface area contributed by atoms with E-state index in [1.54, 1.807) is 18.4 Å². The van der Waals surface area contributed by atoms with Crippen LogP contribution in [0.3, 0.4) is 0 Å². The van der Waals surface area contributed by atoms with Crippen molar-refractivity contribution in [1.82, 2.24) is 10.6 Å². The number of benzene rings is 1. The summed E-state index contributed by atoms with van der Waals surface area (Å²) in [5.41, 5.74) is 1.97. The maximum absolute atomic E-state index is 11.8. The number of guanidine groups is 1. The van der Waals surface area contributed by atoms with Crippen molar-refractivity contribution in [2.24, 2.45) is 4.99 Å². The van der Waals surface area contributed by atoms with Crippen LogP contribution < -0.4 is 16.0 Å². The molecule has 7 heteroatoms. The monoisotopic (exact) mass is 430 g/mol. The minimum atomic E-state index is -0.111. The second-order valence-corrected chi connectivity index (χ2v) is 5.11. The third-order valence-electron chi connectivity index (χ3n) is 2.74. The molecule has 5 nitrogen and oxygen atoms in total. The Morgan fingerprint density at radius 1 is 1.18 bits per heavy atom. The Bertz CT molecular complexity index is 587. The highest BCUT2D eigenvalue weighted by molar-refractivity contribution is 14.0. The van der Waals surface area contributed by atoms with Crippen molar-refractivity contribution in [3.05, 3.63) is 52.7 Å². The number of aliphatic imine (C=N–C) groups is 1. The second-order valence-electron chi connectivity index (χ2n) is 4.33. The van der Waals surface area contributed by atoms with Crippen LogP contribution in [0.4, 0.5) is 5.69 Å². The molecule has 1 amide bonds. The second kappa shape index (κ2) is 10.2. The molecule has 0 saturated heterocycles. The van der Waals surface area contributed by atoms with Crippen molar-refractivity contribution in [3.63, 3.8) is 0 Å². The Hall–Kier alpha value is -1.61. The molecule has 22 heavy (non-hydrogen) atoms. The van der Waals surface area contributed by atoms with Crippen LogP contribution in [0, 0.1) is 0 Å². The predicted molar refractivity (Wildman–Crippen MR) is 103 cm³/mol. The summed E-state index contributed by atoms with van der Waals surface area (Å²) in [6.07, 6.45) is 0. The van der Waals surface area contributed by atoms with Gasteiger partial charge in [-0.15, -0.1) is 24.0 Å². The number of para-hydroxylation sites is 1. The third-order valence-corrected chi connectivity index (χ3v) is 3.47. The lowest BCUT2D eigenvalue weighted by molar-refractivity contribution is -0.115. The largest absolute Gasteiger partial charge is 0.352 e. The lowest BCUT2D eigenvalue weighted by atomic mass is 10.3. The molecular formula is C15H19IN4OS. The van der Waals surface area contributed by atoms with Gasteiger partial charge in [-0.05, 0) is 34.5 Å². The summed E-state index contributed by atoms with van der Waals surface area (Å²) in [6.45, 7) is 0.849. The molecule has 3 N–H and O–H groups in total. The van der Waals surface area contributed by atoms with E-state index in [0.717, 1.165) is 5.69 Å². The highest BCUT2D eigenvalue weighted by Gasteiger charge is 2.04. The minimum absolute atomic E-state index is 0. The topological polar surface area (TPSA) is 65.5 Å². The number of nitrogens with zero attached hydrogens (tertiary/aromatic N) is 1. The van der Waals surface area contributed by atoms with Crippen molar-refractivity contribution in [2.75, 3.05) is 18.9 Å². The Morgan fingerprint density at radius 3 is 2.59 bits per heavy atom. The molecule has 0 aliphatic rings. The number of amides is 1. The van der Waals surface area contributed by atoms with Crippen molar-refractivity contribution in [1.29, 1.82) is 0 Å². The van der Waals surface area contributed by atoms with Crippen LogP contribution in [0.15, 0.2) is 52.2 Å². The number of carbonyl (C=O) groups excluding carboxylic acids is 1. The molecule has 0 aliphatic heterocycles. The number of anilines is 1. The van der Waals surface area contributed by atoms with Crippen LogP contribution in [-0.4, -0.2) is 25.5 Å². The van der Waals surface area contributed by atoms with Gasteiger partial charge >= 0.3 is 0 Å². The van der Waals surface area contributed by atoms with Crippen LogP contribution in [0.2, 0.25) is 0 Å². The van der Waals surface area contributed by atoms with Gasteiger partial charge in [0.25, 0.3) is 0 Å². The average Bonchev–Trinajstić information content (AvgIpc) is 3.02. The van der Waals surface area contributed by atoms with Gasteiger partial charge in [-0.1, -0.05) is 18.2 Å². The average molecular weight is 430 g/mol. The van der Waals surface area contributed by atoms with Crippen LogP contribution >= 0.6 is 35.3 Å². The van der Waals surface area contributed by atoms with E-state index in [4.69, 9.17) is 0 Å². The van der Waals surface area contributed by atoms with Crippen molar-refractivity contribution in [2.45, 2.75) is 6.54 Å². The van der Waals surface area contributed by atoms with E-state index < -0.39 is 0 Å². The quantitative estimate of drug-likeness (QED) is 0.388. The summed E-state index contributed by atoms with van der Waals surface area (Å²) in [6, 6.07) is 11.4. The van der Waals surface area contributed by atoms with Gasteiger partial charge in [-0.2, -0.15) is 11.3 Å². The van der Waals surface area contributed by atoms with Gasteiger partial charge in [-0.25, -0.2) is 0 Å². The minimum Gasteiger partial charge on any atom is -0.352 e. The van der Waals surface area contributed by atoms with E-state index in [2.05, 4.69) is 26.3 Å². The summed E-state index contributed by atoms with van der Waals surface area (Å²) in [5.74, 6) is 0.490. The number of carbonyl (C=O) groups is 1. The number of thiophene rings is 1. The lowest BCUT2D eigenvalue weighted by Crippen LogP contribution is -2.41. The first-order chi connectivity index (χ1) is 10.3. The predicted octanol–water partition coefficient (Wildman–Crippen LogP) is 2.67. The number of halogens is 1. The molecule has 0 fully saturated rings. The zero-order chi connectivity index (χ0) is 14.9. The van der Waals surface area contributed by atoms with Crippen LogP contribution in [-0.2, 0) is 11.3 Å². The summed E-state index contributed by atoms with van der Waals surface area (Å²) < 4.78 is 0. The maximum atomic E-state index is 11.8. The lowest BCUT2D eigenvalue weighted by Gasteiger charge is -2.11. The molecule has 0 spiro atoms. The molecule has 0 radical (unpaired) electrons. The molecule has 0 bridgehead atoms. The number of hydrogen-bond donors (Lipinski definition) is 3. The first-order valence-electron chi connectivity index (χ1n) is 6.58. The van der Waals surface area contributed by atoms with Crippen molar-refractivity contribution < 1.29 is 4.79 Å². The summed E-state index contributed by atoms with van der Waals surface area (Å²) >= 11 is 1.65. The fourth-order valence-electron chi connectivity index (χ4n) is 1.69. The summed E-state index contributed by atoms with van der Waals surface area (Å²) in [5, 5.41) is 13.0. The molecule has 0 unspecified atom stereocenters. The van der Waals surface area contributed by atoms with E-state index in [0.29, 0.717) is 12.5 Å². The number of nitrogens with one attached hydrogen (secondary N) is 3. The zero-order valence-corrected chi connectivity index (χ0v) is 15.4. The zero-order valence-electron chi connectivity index (χ0n) is 12.2. The first-order valence-corrected chi connectivity index (χ1v) is 7.52. The molecule has 0 aliphatic carbocycles. The summed E-state index contributed by atoms with van der Waals surface area (Å²) in [7, 11) is 1.68. The fourth-order valence-corrected chi connectivity index (χ4v) is 2.36. The van der Waals surface area contributed by atoms with Crippen LogP contribution in [0.1, 0.15) is 5.56 Å². The maximum Gasteiger partial charge on any atom is 0.243 e. The highest BCUT2D eigenvalue weighted by atomic mass is 127. The van der Waals surface area contributed by atoms with E-state index in [9.17, 15) is 4.79 Å². The molecule has 1 aromatic heterocycles. The van der Waals surface area contributed by atoms with Crippen LogP contribution in [0.25, 0.3) is 0 Å². The van der Waals surface area contributed by atoms with Gasteiger partial charge in [0.1, 0.15) is 0 Å². The van der Waals surface area contributed by atoms with Gasteiger partial charge in [0.15, 0.2) is 5.96 Å². The number of rotatable bonds is 5. The van der Waals surface area contributed by atoms with Gasteiger partial charge in [0, 0.05) is 19.3 Å². The molecular weight excluding hydrogens is 411 g/mol. The SMILES string of the molecule is CN=C(NCC(=O)Nc1ccccc1)NCc1ccsc1.I. The van der Waals surface area contributed by atoms with Crippen molar-refractivity contribution >= 4 is 52.9 Å². The Balaban J connectivity index is 0.00000242. The Morgan fingerprint density at radius 2 is 1.95 bits per heavy atom. The first kappa shape index (κ1) is 18.4. The van der Waals surface area contributed by atoms with Gasteiger partial charge in [-0.3, -0.25) is 9.79 Å². The molecule has 1 heterocycles. The Labute approximate surface area is 151 Å². The van der Waals surface area contributed by atoms with Gasteiger partial charge < -0.3 is 16.0 Å². The van der Waals surface area contributed by atoms with E-state index in [1.165, 1.54) is 5.56 Å². The highest BCUT2D eigenvalue weighted by Crippen LogP contribution is 2.05. The smallest absolute Gasteiger partial charge is 0.243 e. The standard InChI is InChI=1S/C15H18N4OS.HI/c1-16-15(17-9-12-7-8-21-11-12)18-10-14(20)19-13-5-3-2-4-6-13;/h2-8,11H,9-10H2,1H3,(H,19,20)(H2,16,17,18);1H. The molecule has 2 rings (SSSR count). The number of hydrogen-bond acceptors (Lipinski definition) is 3. The van der Waals surface area contributed by atoms with E-state index in [1.807, 2.05) is 41.8 Å². The molecule has 118 valence electrons. The molecule has 0 saturated carbocycles. The van der Waals surface area contributed by atoms with Crippen molar-refractivity contribution in [3.8, 4) is 0 Å². The molecule has 2 aromatic rings.